The maximum Gasteiger partial charge on any atom is 0.453 e. The second kappa shape index (κ2) is 6.37. The number of halogens is 5. The lowest BCUT2D eigenvalue weighted by atomic mass is 10.2. The highest BCUT2D eigenvalue weighted by atomic mass is 32.2. The van der Waals surface area contributed by atoms with E-state index >= 15 is 0 Å². The van der Waals surface area contributed by atoms with Gasteiger partial charge in [0.1, 0.15) is 0 Å². The molecule has 0 aliphatic carbocycles. The summed E-state index contributed by atoms with van der Waals surface area (Å²) in [5.41, 5.74) is -0.175. The van der Waals surface area contributed by atoms with Crippen molar-refractivity contribution < 1.29 is 30.4 Å². The van der Waals surface area contributed by atoms with Crippen LogP contribution in [0.5, 0.6) is 0 Å². The van der Waals surface area contributed by atoms with Gasteiger partial charge in [-0.1, -0.05) is 0 Å². The van der Waals surface area contributed by atoms with Crippen LogP contribution >= 0.6 is 0 Å². The van der Waals surface area contributed by atoms with E-state index in [0.717, 1.165) is 36.7 Å². The highest BCUT2D eigenvalue weighted by Crippen LogP contribution is 2.30. The molecule has 0 unspecified atom stereocenters. The smallest absolute Gasteiger partial charge is 0.236 e. The fraction of sp³-hybridized carbons (Fsp3) is 0.133. The standard InChI is InChI=1S/C15H9F5N4O2S/c1-27(25,26)9-3-5-12(21-7-9)24-13(22-14(23-24)15(18,19)20)8-2-4-10(16)11(17)6-8/h2-7H,1H3. The fourth-order valence-corrected chi connectivity index (χ4v) is 2.69. The van der Waals surface area contributed by atoms with Gasteiger partial charge in [-0.05, 0) is 30.3 Å². The second-order valence-corrected chi connectivity index (χ2v) is 7.44. The Bertz CT molecular complexity index is 1110. The molecule has 142 valence electrons. The molecule has 12 heteroatoms. The van der Waals surface area contributed by atoms with Crippen molar-refractivity contribution in [1.82, 2.24) is 19.7 Å². The first-order chi connectivity index (χ1) is 12.5. The predicted molar refractivity (Wildman–Crippen MR) is 82.6 cm³/mol. The van der Waals surface area contributed by atoms with Crippen molar-refractivity contribution in [2.75, 3.05) is 6.26 Å². The summed E-state index contributed by atoms with van der Waals surface area (Å²) in [5, 5.41) is 3.32. The first-order valence-electron chi connectivity index (χ1n) is 7.13. The van der Waals surface area contributed by atoms with E-state index in [1.165, 1.54) is 0 Å². The average molecular weight is 404 g/mol. The second-order valence-electron chi connectivity index (χ2n) is 5.42. The van der Waals surface area contributed by atoms with Gasteiger partial charge in [0.05, 0.1) is 4.90 Å². The first kappa shape index (κ1) is 18.9. The molecule has 0 saturated carbocycles. The number of pyridine rings is 1. The summed E-state index contributed by atoms with van der Waals surface area (Å²) in [6.45, 7) is 0. The molecule has 0 bridgehead atoms. The van der Waals surface area contributed by atoms with Gasteiger partial charge in [0.2, 0.25) is 0 Å². The maximum absolute atomic E-state index is 13.5. The fourth-order valence-electron chi connectivity index (χ4n) is 2.13. The molecular weight excluding hydrogens is 395 g/mol. The predicted octanol–water partition coefficient (Wildman–Crippen LogP) is 3.03. The van der Waals surface area contributed by atoms with Crippen molar-refractivity contribution in [3.05, 3.63) is 54.0 Å². The minimum atomic E-state index is -4.90. The van der Waals surface area contributed by atoms with Crippen LogP contribution in [0.15, 0.2) is 41.4 Å². The molecule has 0 fully saturated rings. The maximum atomic E-state index is 13.5. The number of nitrogens with zero attached hydrogens (tertiary/aromatic N) is 4. The molecule has 3 aromatic rings. The third kappa shape index (κ3) is 3.79. The highest BCUT2D eigenvalue weighted by molar-refractivity contribution is 7.90. The van der Waals surface area contributed by atoms with Crippen molar-refractivity contribution in [3.63, 3.8) is 0 Å². The van der Waals surface area contributed by atoms with Crippen molar-refractivity contribution in [2.45, 2.75) is 11.1 Å². The van der Waals surface area contributed by atoms with Crippen LogP contribution in [0.1, 0.15) is 5.82 Å². The minimum absolute atomic E-state index is 0.156. The summed E-state index contributed by atoms with van der Waals surface area (Å²) in [5.74, 6) is -4.62. The SMILES string of the molecule is CS(=O)(=O)c1ccc(-n2nc(C(F)(F)F)nc2-c2ccc(F)c(F)c2)nc1. The van der Waals surface area contributed by atoms with E-state index in [0.29, 0.717) is 10.7 Å². The van der Waals surface area contributed by atoms with Gasteiger partial charge >= 0.3 is 6.18 Å². The topological polar surface area (TPSA) is 77.7 Å². The summed E-state index contributed by atoms with van der Waals surface area (Å²) in [6, 6.07) is 4.68. The van der Waals surface area contributed by atoms with E-state index in [9.17, 15) is 30.4 Å². The molecule has 0 aliphatic heterocycles. The molecule has 0 spiro atoms. The summed E-state index contributed by atoms with van der Waals surface area (Å²) in [4.78, 5) is 6.98. The lowest BCUT2D eigenvalue weighted by Gasteiger charge is -2.06. The van der Waals surface area contributed by atoms with Crippen LogP contribution < -0.4 is 0 Å². The Morgan fingerprint density at radius 3 is 2.26 bits per heavy atom. The first-order valence-corrected chi connectivity index (χ1v) is 9.02. The Hall–Kier alpha value is -2.89. The van der Waals surface area contributed by atoms with Crippen molar-refractivity contribution in [2.24, 2.45) is 0 Å². The van der Waals surface area contributed by atoms with Gasteiger partial charge in [-0.2, -0.15) is 17.9 Å². The Kier molecular flexibility index (Phi) is 4.46. The molecule has 0 N–H and O–H groups in total. The van der Waals surface area contributed by atoms with Crippen LogP contribution in [0.4, 0.5) is 22.0 Å². The number of alkyl halides is 3. The van der Waals surface area contributed by atoms with Gasteiger partial charge < -0.3 is 0 Å². The number of sulfone groups is 1. The van der Waals surface area contributed by atoms with Gasteiger partial charge in [-0.15, -0.1) is 5.10 Å². The zero-order chi connectivity index (χ0) is 20.0. The van der Waals surface area contributed by atoms with Gasteiger partial charge in [0.25, 0.3) is 5.82 Å². The van der Waals surface area contributed by atoms with E-state index in [1.54, 1.807) is 0 Å². The van der Waals surface area contributed by atoms with Crippen LogP contribution in [-0.4, -0.2) is 34.4 Å². The molecule has 0 saturated heterocycles. The van der Waals surface area contributed by atoms with Gasteiger partial charge in [-0.25, -0.2) is 27.2 Å². The van der Waals surface area contributed by atoms with Gasteiger partial charge in [0.15, 0.2) is 33.1 Å². The number of aromatic nitrogens is 4. The van der Waals surface area contributed by atoms with E-state index in [4.69, 9.17) is 0 Å². The van der Waals surface area contributed by atoms with Crippen LogP contribution in [0, 0.1) is 11.6 Å². The molecule has 0 amide bonds. The van der Waals surface area contributed by atoms with E-state index in [2.05, 4.69) is 15.1 Å². The van der Waals surface area contributed by atoms with E-state index < -0.39 is 39.3 Å². The molecule has 2 heterocycles. The van der Waals surface area contributed by atoms with Gasteiger partial charge in [0, 0.05) is 18.0 Å². The Morgan fingerprint density at radius 1 is 1.04 bits per heavy atom. The van der Waals surface area contributed by atoms with Crippen LogP contribution in [-0.2, 0) is 16.0 Å². The normalized spacial score (nSPS) is 12.4. The van der Waals surface area contributed by atoms with Crippen LogP contribution in [0.2, 0.25) is 0 Å². The Morgan fingerprint density at radius 2 is 1.74 bits per heavy atom. The zero-order valence-electron chi connectivity index (χ0n) is 13.4. The lowest BCUT2D eigenvalue weighted by Crippen LogP contribution is -2.09. The van der Waals surface area contributed by atoms with Crippen molar-refractivity contribution >= 4 is 9.84 Å². The highest BCUT2D eigenvalue weighted by Gasteiger charge is 2.37. The lowest BCUT2D eigenvalue weighted by molar-refractivity contribution is -0.144. The van der Waals surface area contributed by atoms with Crippen molar-refractivity contribution in [3.8, 4) is 17.2 Å². The molecule has 27 heavy (non-hydrogen) atoms. The number of benzene rings is 1. The number of hydrogen-bond acceptors (Lipinski definition) is 5. The monoisotopic (exact) mass is 404 g/mol. The number of rotatable bonds is 3. The largest absolute Gasteiger partial charge is 0.453 e. The average Bonchev–Trinajstić information content (AvgIpc) is 3.02. The molecule has 0 aliphatic rings. The molecular formula is C15H9F5N4O2S. The molecule has 0 radical (unpaired) electrons. The summed E-state index contributed by atoms with van der Waals surface area (Å²) in [7, 11) is -3.57. The molecule has 3 rings (SSSR count). The summed E-state index contributed by atoms with van der Waals surface area (Å²) >= 11 is 0. The third-order valence-corrected chi connectivity index (χ3v) is 4.50. The molecule has 1 aromatic carbocycles. The van der Waals surface area contributed by atoms with Crippen LogP contribution in [0.25, 0.3) is 17.2 Å². The Balaban J connectivity index is 2.19. The van der Waals surface area contributed by atoms with E-state index in [-0.39, 0.29) is 16.3 Å². The minimum Gasteiger partial charge on any atom is -0.236 e. The summed E-state index contributed by atoms with van der Waals surface area (Å²) < 4.78 is 89.2. The molecule has 2 aromatic heterocycles. The Labute approximate surface area is 149 Å². The number of hydrogen-bond donors (Lipinski definition) is 0. The van der Waals surface area contributed by atoms with Crippen LogP contribution in [0.3, 0.4) is 0 Å². The van der Waals surface area contributed by atoms with Crippen molar-refractivity contribution in [1.29, 1.82) is 0 Å². The molecule has 0 atom stereocenters. The zero-order valence-corrected chi connectivity index (χ0v) is 14.2. The van der Waals surface area contributed by atoms with E-state index in [1.807, 2.05) is 0 Å². The third-order valence-electron chi connectivity index (χ3n) is 3.40. The quantitative estimate of drug-likeness (QED) is 0.627. The summed E-state index contributed by atoms with van der Waals surface area (Å²) in [6.07, 6.45) is -3.02. The van der Waals surface area contributed by atoms with Gasteiger partial charge in [-0.3, -0.25) is 0 Å². The molecule has 6 nitrogen and oxygen atoms in total.